The van der Waals surface area contributed by atoms with Crippen LogP contribution in [0, 0.1) is 13.8 Å². The number of benzene rings is 1. The van der Waals surface area contributed by atoms with E-state index >= 15 is 0 Å². The molecule has 0 radical (unpaired) electrons. The van der Waals surface area contributed by atoms with Gasteiger partial charge in [-0.05, 0) is 45.2 Å². The first kappa shape index (κ1) is 19.5. The molecule has 0 atom stereocenters. The highest BCUT2D eigenvalue weighted by Gasteiger charge is 2.20. The summed E-state index contributed by atoms with van der Waals surface area (Å²) in [7, 11) is 0. The number of amides is 1. The Morgan fingerprint density at radius 1 is 1.19 bits per heavy atom. The predicted molar refractivity (Wildman–Crippen MR) is 103 cm³/mol. The summed E-state index contributed by atoms with van der Waals surface area (Å²) in [4.78, 5) is 27.3. The van der Waals surface area contributed by atoms with Gasteiger partial charge in [0.05, 0.1) is 11.3 Å². The molecule has 0 saturated carbocycles. The molecule has 1 amide bonds. The first-order chi connectivity index (χ1) is 13.1. The van der Waals surface area contributed by atoms with E-state index in [1.807, 2.05) is 26.0 Å². The molecule has 1 fully saturated rings. The van der Waals surface area contributed by atoms with E-state index in [9.17, 15) is 9.59 Å². The SMILES string of the molecule is Cc1noc(C)c1CSc1ccccc1C(=O)OCC(=O)N1CCCCC1. The summed E-state index contributed by atoms with van der Waals surface area (Å²) in [5, 5.41) is 3.96. The third kappa shape index (κ3) is 4.91. The van der Waals surface area contributed by atoms with Crippen molar-refractivity contribution in [2.75, 3.05) is 19.7 Å². The van der Waals surface area contributed by atoms with Crippen molar-refractivity contribution in [3.8, 4) is 0 Å². The van der Waals surface area contributed by atoms with Crippen molar-refractivity contribution in [2.24, 2.45) is 0 Å². The maximum Gasteiger partial charge on any atom is 0.339 e. The van der Waals surface area contributed by atoms with Crippen molar-refractivity contribution in [2.45, 2.75) is 43.8 Å². The average Bonchev–Trinajstić information content (AvgIpc) is 3.02. The predicted octanol–water partition coefficient (Wildman–Crippen LogP) is 3.75. The van der Waals surface area contributed by atoms with Gasteiger partial charge in [-0.15, -0.1) is 11.8 Å². The Labute approximate surface area is 163 Å². The number of carbonyl (C=O) groups excluding carboxylic acids is 2. The van der Waals surface area contributed by atoms with Crippen LogP contribution in [0.5, 0.6) is 0 Å². The fourth-order valence-corrected chi connectivity index (χ4v) is 4.25. The normalized spacial score (nSPS) is 14.2. The van der Waals surface area contributed by atoms with E-state index < -0.39 is 5.97 Å². The molecule has 1 aliphatic rings. The van der Waals surface area contributed by atoms with Crippen LogP contribution < -0.4 is 0 Å². The van der Waals surface area contributed by atoms with Crippen LogP contribution in [0.4, 0.5) is 0 Å². The summed E-state index contributed by atoms with van der Waals surface area (Å²) < 4.78 is 10.5. The number of carbonyl (C=O) groups is 2. The summed E-state index contributed by atoms with van der Waals surface area (Å²) in [5.74, 6) is 0.844. The minimum Gasteiger partial charge on any atom is -0.452 e. The van der Waals surface area contributed by atoms with E-state index in [0.717, 1.165) is 54.3 Å². The smallest absolute Gasteiger partial charge is 0.339 e. The molecule has 7 heteroatoms. The lowest BCUT2D eigenvalue weighted by Gasteiger charge is -2.26. The molecule has 1 aliphatic heterocycles. The van der Waals surface area contributed by atoms with Crippen molar-refractivity contribution < 1.29 is 18.8 Å². The molecule has 1 aromatic carbocycles. The van der Waals surface area contributed by atoms with Crippen LogP contribution in [0.2, 0.25) is 0 Å². The summed E-state index contributed by atoms with van der Waals surface area (Å²) in [6.07, 6.45) is 3.18. The van der Waals surface area contributed by atoms with Gasteiger partial charge in [0.15, 0.2) is 6.61 Å². The van der Waals surface area contributed by atoms with Crippen LogP contribution in [-0.2, 0) is 15.3 Å². The Hall–Kier alpha value is -2.28. The largest absolute Gasteiger partial charge is 0.452 e. The van der Waals surface area contributed by atoms with Gasteiger partial charge in [0.2, 0.25) is 0 Å². The molecular weight excluding hydrogens is 364 g/mol. The Kier molecular flexibility index (Phi) is 6.55. The number of esters is 1. The number of rotatable bonds is 6. The van der Waals surface area contributed by atoms with Gasteiger partial charge in [0.25, 0.3) is 5.91 Å². The molecule has 0 aliphatic carbocycles. The zero-order valence-corrected chi connectivity index (χ0v) is 16.5. The quantitative estimate of drug-likeness (QED) is 0.554. The second-order valence-electron chi connectivity index (χ2n) is 6.61. The number of thioether (sulfide) groups is 1. The van der Waals surface area contributed by atoms with E-state index in [4.69, 9.17) is 9.26 Å². The van der Waals surface area contributed by atoms with Gasteiger partial charge in [-0.2, -0.15) is 0 Å². The molecule has 0 N–H and O–H groups in total. The van der Waals surface area contributed by atoms with Gasteiger partial charge < -0.3 is 14.2 Å². The molecule has 0 unspecified atom stereocenters. The zero-order chi connectivity index (χ0) is 19.2. The highest BCUT2D eigenvalue weighted by Crippen LogP contribution is 2.29. The number of hydrogen-bond acceptors (Lipinski definition) is 6. The van der Waals surface area contributed by atoms with Crippen molar-refractivity contribution in [1.82, 2.24) is 10.1 Å². The van der Waals surface area contributed by atoms with Crippen LogP contribution in [0.3, 0.4) is 0 Å². The number of aryl methyl sites for hydroxylation is 2. The van der Waals surface area contributed by atoms with Crippen LogP contribution in [0.25, 0.3) is 0 Å². The standard InChI is InChI=1S/C20H24N2O4S/c1-14-17(15(2)26-21-14)13-27-18-9-5-4-8-16(18)20(24)25-12-19(23)22-10-6-3-7-11-22/h4-5,8-9H,3,6-7,10-13H2,1-2H3. The average molecular weight is 388 g/mol. The third-order valence-electron chi connectivity index (χ3n) is 4.70. The molecule has 144 valence electrons. The van der Waals surface area contributed by atoms with E-state index in [1.54, 1.807) is 17.0 Å². The second kappa shape index (κ2) is 9.08. The lowest BCUT2D eigenvalue weighted by Crippen LogP contribution is -2.38. The molecule has 1 saturated heterocycles. The van der Waals surface area contributed by atoms with E-state index in [1.165, 1.54) is 11.8 Å². The summed E-state index contributed by atoms with van der Waals surface area (Å²) >= 11 is 1.53. The lowest BCUT2D eigenvalue weighted by atomic mass is 10.1. The van der Waals surface area contributed by atoms with Gasteiger partial charge >= 0.3 is 5.97 Å². The summed E-state index contributed by atoms with van der Waals surface area (Å²) in [6.45, 7) is 5.07. The Balaban J connectivity index is 1.60. The van der Waals surface area contributed by atoms with Gasteiger partial charge in [-0.25, -0.2) is 4.79 Å². The van der Waals surface area contributed by atoms with Crippen molar-refractivity contribution in [3.05, 3.63) is 46.8 Å². The molecule has 6 nitrogen and oxygen atoms in total. The summed E-state index contributed by atoms with van der Waals surface area (Å²) in [6, 6.07) is 7.28. The van der Waals surface area contributed by atoms with Crippen molar-refractivity contribution in [1.29, 1.82) is 0 Å². The first-order valence-corrected chi connectivity index (χ1v) is 10.1. The van der Waals surface area contributed by atoms with Gasteiger partial charge in [0, 0.05) is 29.3 Å². The monoisotopic (exact) mass is 388 g/mol. The van der Waals surface area contributed by atoms with Gasteiger partial charge in [-0.3, -0.25) is 4.79 Å². The fraction of sp³-hybridized carbons (Fsp3) is 0.450. The highest BCUT2D eigenvalue weighted by molar-refractivity contribution is 7.98. The first-order valence-electron chi connectivity index (χ1n) is 9.14. The second-order valence-corrected chi connectivity index (χ2v) is 7.62. The molecule has 2 heterocycles. The Morgan fingerprint density at radius 2 is 1.93 bits per heavy atom. The zero-order valence-electron chi connectivity index (χ0n) is 15.7. The number of likely N-dealkylation sites (tertiary alicyclic amines) is 1. The topological polar surface area (TPSA) is 72.6 Å². The molecule has 27 heavy (non-hydrogen) atoms. The number of nitrogens with zero attached hydrogens (tertiary/aromatic N) is 2. The lowest BCUT2D eigenvalue weighted by molar-refractivity contribution is -0.135. The van der Waals surface area contributed by atoms with E-state index in [2.05, 4.69) is 5.16 Å². The minimum absolute atomic E-state index is 0.121. The minimum atomic E-state index is -0.470. The molecule has 1 aromatic heterocycles. The number of aromatic nitrogens is 1. The maximum absolute atomic E-state index is 12.5. The molecular formula is C20H24N2O4S. The Morgan fingerprint density at radius 3 is 2.63 bits per heavy atom. The van der Waals surface area contributed by atoms with Crippen LogP contribution >= 0.6 is 11.8 Å². The van der Waals surface area contributed by atoms with Crippen LogP contribution in [-0.4, -0.2) is 41.6 Å². The molecule has 0 bridgehead atoms. The fourth-order valence-electron chi connectivity index (χ4n) is 3.06. The van der Waals surface area contributed by atoms with E-state index in [-0.39, 0.29) is 12.5 Å². The van der Waals surface area contributed by atoms with Crippen LogP contribution in [0.1, 0.15) is 46.6 Å². The Bertz CT molecular complexity index is 793. The van der Waals surface area contributed by atoms with Crippen molar-refractivity contribution >= 4 is 23.6 Å². The molecule has 2 aromatic rings. The molecule has 3 rings (SSSR count). The van der Waals surface area contributed by atoms with Gasteiger partial charge in [-0.1, -0.05) is 17.3 Å². The number of hydrogen-bond donors (Lipinski definition) is 0. The van der Waals surface area contributed by atoms with Gasteiger partial charge in [0.1, 0.15) is 5.76 Å². The molecule has 0 spiro atoms. The van der Waals surface area contributed by atoms with Crippen molar-refractivity contribution in [3.63, 3.8) is 0 Å². The highest BCUT2D eigenvalue weighted by atomic mass is 32.2. The van der Waals surface area contributed by atoms with E-state index in [0.29, 0.717) is 11.3 Å². The number of piperidine rings is 1. The maximum atomic E-state index is 12.5. The number of ether oxygens (including phenoxy) is 1. The third-order valence-corrected chi connectivity index (χ3v) is 5.80. The van der Waals surface area contributed by atoms with Crippen LogP contribution in [0.15, 0.2) is 33.7 Å². The summed E-state index contributed by atoms with van der Waals surface area (Å²) in [5.41, 5.74) is 2.36.